The number of hydrogen-bond acceptors (Lipinski definition) is 1. The van der Waals surface area contributed by atoms with Crippen molar-refractivity contribution >= 4 is 23.2 Å². The van der Waals surface area contributed by atoms with Crippen LogP contribution < -0.4 is 5.73 Å². The van der Waals surface area contributed by atoms with Crippen molar-refractivity contribution < 1.29 is 0 Å². The minimum Gasteiger partial charge on any atom is -0.330 e. The number of halogens is 2. The van der Waals surface area contributed by atoms with Crippen LogP contribution in [0.25, 0.3) is 0 Å². The van der Waals surface area contributed by atoms with Gasteiger partial charge in [0.1, 0.15) is 0 Å². The van der Waals surface area contributed by atoms with E-state index in [1.54, 1.807) is 0 Å². The van der Waals surface area contributed by atoms with Crippen molar-refractivity contribution in [2.75, 3.05) is 6.54 Å². The van der Waals surface area contributed by atoms with Crippen molar-refractivity contribution in [1.29, 1.82) is 0 Å². The Bertz CT molecular complexity index is 395. The predicted molar refractivity (Wildman–Crippen MR) is 79.4 cm³/mol. The SMILES string of the molecule is NCC1(Cc2ccc(Cl)cc2Cl)CCCCCC1. The van der Waals surface area contributed by atoms with E-state index < -0.39 is 0 Å². The van der Waals surface area contributed by atoms with Gasteiger partial charge in [-0.2, -0.15) is 0 Å². The Kier molecular flexibility index (Phi) is 4.94. The minimum atomic E-state index is 0.244. The van der Waals surface area contributed by atoms with Crippen LogP contribution in [0.4, 0.5) is 0 Å². The first-order chi connectivity index (χ1) is 8.65. The van der Waals surface area contributed by atoms with Crippen LogP contribution in [0.1, 0.15) is 44.1 Å². The molecule has 1 saturated carbocycles. The Morgan fingerprint density at radius 2 is 1.72 bits per heavy atom. The highest BCUT2D eigenvalue weighted by Crippen LogP contribution is 2.38. The summed E-state index contributed by atoms with van der Waals surface area (Å²) in [6.07, 6.45) is 8.71. The summed E-state index contributed by atoms with van der Waals surface area (Å²) < 4.78 is 0. The Hall–Kier alpha value is -0.240. The third-order valence-corrected chi connectivity index (χ3v) is 4.76. The molecule has 1 aliphatic rings. The summed E-state index contributed by atoms with van der Waals surface area (Å²) in [7, 11) is 0. The van der Waals surface area contributed by atoms with Crippen molar-refractivity contribution in [3.63, 3.8) is 0 Å². The standard InChI is InChI=1S/C15H21Cl2N/c16-13-6-5-12(14(17)9-13)10-15(11-18)7-3-1-2-4-8-15/h5-6,9H,1-4,7-8,10-11,18H2. The van der Waals surface area contributed by atoms with Crippen LogP contribution >= 0.6 is 23.2 Å². The van der Waals surface area contributed by atoms with Crippen LogP contribution in [0.15, 0.2) is 18.2 Å². The lowest BCUT2D eigenvalue weighted by atomic mass is 9.75. The molecule has 1 aromatic rings. The Morgan fingerprint density at radius 3 is 2.28 bits per heavy atom. The average Bonchev–Trinajstić information content (AvgIpc) is 2.59. The van der Waals surface area contributed by atoms with E-state index in [1.165, 1.54) is 44.1 Å². The molecule has 1 aliphatic carbocycles. The van der Waals surface area contributed by atoms with Crippen LogP contribution in [0.2, 0.25) is 10.0 Å². The van der Waals surface area contributed by atoms with E-state index in [9.17, 15) is 0 Å². The second-order valence-electron chi connectivity index (χ2n) is 5.53. The fourth-order valence-corrected chi connectivity index (χ4v) is 3.48. The fourth-order valence-electron chi connectivity index (χ4n) is 3.00. The summed E-state index contributed by atoms with van der Waals surface area (Å²) in [6.45, 7) is 0.756. The number of nitrogens with two attached hydrogens (primary N) is 1. The summed E-state index contributed by atoms with van der Waals surface area (Å²) in [4.78, 5) is 0. The van der Waals surface area contributed by atoms with Crippen molar-refractivity contribution in [1.82, 2.24) is 0 Å². The zero-order valence-electron chi connectivity index (χ0n) is 10.7. The van der Waals surface area contributed by atoms with Crippen LogP contribution in [0, 0.1) is 5.41 Å². The molecule has 0 atom stereocenters. The van der Waals surface area contributed by atoms with Gasteiger partial charge in [-0.1, -0.05) is 55.0 Å². The summed E-state index contributed by atoms with van der Waals surface area (Å²) >= 11 is 12.2. The maximum absolute atomic E-state index is 6.28. The third kappa shape index (κ3) is 3.40. The van der Waals surface area contributed by atoms with Crippen molar-refractivity contribution in [3.05, 3.63) is 33.8 Å². The first-order valence-corrected chi connectivity index (χ1v) is 7.55. The quantitative estimate of drug-likeness (QED) is 0.791. The van der Waals surface area contributed by atoms with Crippen LogP contribution in [-0.2, 0) is 6.42 Å². The average molecular weight is 286 g/mol. The lowest BCUT2D eigenvalue weighted by Crippen LogP contribution is -2.32. The van der Waals surface area contributed by atoms with Gasteiger partial charge in [0, 0.05) is 10.0 Å². The molecule has 100 valence electrons. The number of benzene rings is 1. The van der Waals surface area contributed by atoms with Gasteiger partial charge in [-0.05, 0) is 48.9 Å². The molecule has 1 fully saturated rings. The van der Waals surface area contributed by atoms with E-state index >= 15 is 0 Å². The first kappa shape index (κ1) is 14.2. The maximum atomic E-state index is 6.28. The normalized spacial score (nSPS) is 19.5. The molecule has 1 aromatic carbocycles. The molecule has 0 unspecified atom stereocenters. The fraction of sp³-hybridized carbons (Fsp3) is 0.600. The molecule has 0 saturated heterocycles. The van der Waals surface area contributed by atoms with Gasteiger partial charge in [-0.15, -0.1) is 0 Å². The molecule has 0 spiro atoms. The lowest BCUT2D eigenvalue weighted by molar-refractivity contribution is 0.252. The molecule has 1 nitrogen and oxygen atoms in total. The van der Waals surface area contributed by atoms with Crippen molar-refractivity contribution in [2.45, 2.75) is 44.9 Å². The Labute approximate surface area is 120 Å². The van der Waals surface area contributed by atoms with Crippen LogP contribution in [0.5, 0.6) is 0 Å². The molecule has 18 heavy (non-hydrogen) atoms. The molecule has 2 N–H and O–H groups in total. The molecule has 0 radical (unpaired) electrons. The molecule has 0 aliphatic heterocycles. The van der Waals surface area contributed by atoms with Gasteiger partial charge in [-0.3, -0.25) is 0 Å². The van der Waals surface area contributed by atoms with Crippen LogP contribution in [0.3, 0.4) is 0 Å². The summed E-state index contributed by atoms with van der Waals surface area (Å²) in [6, 6.07) is 5.80. The van der Waals surface area contributed by atoms with E-state index in [0.29, 0.717) is 5.02 Å². The third-order valence-electron chi connectivity index (χ3n) is 4.18. The second kappa shape index (κ2) is 6.27. The van der Waals surface area contributed by atoms with Gasteiger partial charge >= 0.3 is 0 Å². The van der Waals surface area contributed by atoms with E-state index in [2.05, 4.69) is 0 Å². The zero-order chi connectivity index (χ0) is 13.0. The van der Waals surface area contributed by atoms with Crippen LogP contribution in [-0.4, -0.2) is 6.54 Å². The monoisotopic (exact) mass is 285 g/mol. The van der Waals surface area contributed by atoms with E-state index in [1.807, 2.05) is 18.2 Å². The highest BCUT2D eigenvalue weighted by molar-refractivity contribution is 6.35. The van der Waals surface area contributed by atoms with Gasteiger partial charge < -0.3 is 5.73 Å². The zero-order valence-corrected chi connectivity index (χ0v) is 12.2. The van der Waals surface area contributed by atoms with Crippen molar-refractivity contribution in [2.24, 2.45) is 11.1 Å². The van der Waals surface area contributed by atoms with E-state index in [-0.39, 0.29) is 5.41 Å². The molecule has 2 rings (SSSR count). The van der Waals surface area contributed by atoms with Crippen molar-refractivity contribution in [3.8, 4) is 0 Å². The Balaban J connectivity index is 2.18. The van der Waals surface area contributed by atoms with Gasteiger partial charge in [-0.25, -0.2) is 0 Å². The molecular weight excluding hydrogens is 265 g/mol. The molecular formula is C15H21Cl2N. The molecule has 0 aromatic heterocycles. The molecule has 3 heteroatoms. The second-order valence-corrected chi connectivity index (χ2v) is 6.37. The molecule has 0 heterocycles. The van der Waals surface area contributed by atoms with Gasteiger partial charge in [0.05, 0.1) is 0 Å². The number of rotatable bonds is 3. The molecule has 0 bridgehead atoms. The smallest absolute Gasteiger partial charge is 0.0453 e. The van der Waals surface area contributed by atoms with Gasteiger partial charge in [0.15, 0.2) is 0 Å². The minimum absolute atomic E-state index is 0.244. The maximum Gasteiger partial charge on any atom is 0.0453 e. The first-order valence-electron chi connectivity index (χ1n) is 6.79. The summed E-state index contributed by atoms with van der Waals surface area (Å²) in [5, 5.41) is 1.48. The molecule has 0 amide bonds. The number of hydrogen-bond donors (Lipinski definition) is 1. The largest absolute Gasteiger partial charge is 0.330 e. The Morgan fingerprint density at radius 1 is 1.06 bits per heavy atom. The summed E-state index contributed by atoms with van der Waals surface area (Å²) in [5.74, 6) is 0. The van der Waals surface area contributed by atoms with Gasteiger partial charge in [0.25, 0.3) is 0 Å². The van der Waals surface area contributed by atoms with E-state index in [4.69, 9.17) is 28.9 Å². The van der Waals surface area contributed by atoms with E-state index in [0.717, 1.165) is 18.0 Å². The predicted octanol–water partition coefficient (Wildman–Crippen LogP) is 4.84. The highest BCUT2D eigenvalue weighted by Gasteiger charge is 2.30. The van der Waals surface area contributed by atoms with Gasteiger partial charge in [0.2, 0.25) is 0 Å². The lowest BCUT2D eigenvalue weighted by Gasteiger charge is -2.32. The summed E-state index contributed by atoms with van der Waals surface area (Å²) in [5.41, 5.74) is 7.50. The topological polar surface area (TPSA) is 26.0 Å². The highest BCUT2D eigenvalue weighted by atomic mass is 35.5.